The number of nitrogens with one attached hydrogen (secondary N) is 1. The minimum absolute atomic E-state index is 0.481. The van der Waals surface area contributed by atoms with Gasteiger partial charge in [-0.25, -0.2) is 0 Å². The maximum Gasteiger partial charge on any atom is 0.161 e. The van der Waals surface area contributed by atoms with Gasteiger partial charge in [-0.1, -0.05) is 78.3 Å². The van der Waals surface area contributed by atoms with E-state index in [1.807, 2.05) is 78.9 Å². The first-order chi connectivity index (χ1) is 16.7. The summed E-state index contributed by atoms with van der Waals surface area (Å²) in [5, 5.41) is 8.40. The number of methoxy groups -OCH3 is 1. The van der Waals surface area contributed by atoms with E-state index in [0.717, 1.165) is 44.2 Å². The van der Waals surface area contributed by atoms with E-state index in [0.29, 0.717) is 18.1 Å². The van der Waals surface area contributed by atoms with Crippen LogP contribution in [0.2, 0.25) is 5.02 Å². The second-order valence-electron chi connectivity index (χ2n) is 7.89. The fraction of sp³-hybridized carbons (Fsp3) is 0.0690. The van der Waals surface area contributed by atoms with Crippen LogP contribution in [0, 0.1) is 0 Å². The fourth-order valence-electron chi connectivity index (χ4n) is 3.78. The third-order valence-electron chi connectivity index (χ3n) is 5.65. The number of aromatic amines is 1. The molecule has 0 amide bonds. The summed E-state index contributed by atoms with van der Waals surface area (Å²) in [5.41, 5.74) is 7.16. The van der Waals surface area contributed by atoms with E-state index in [9.17, 15) is 0 Å². The predicted octanol–water partition coefficient (Wildman–Crippen LogP) is 7.65. The molecule has 34 heavy (non-hydrogen) atoms. The van der Waals surface area contributed by atoms with E-state index in [1.54, 1.807) is 7.11 Å². The van der Waals surface area contributed by atoms with Crippen molar-refractivity contribution in [3.8, 4) is 45.1 Å². The Labute approximate surface area is 203 Å². The van der Waals surface area contributed by atoms with Crippen LogP contribution in [0.1, 0.15) is 5.56 Å². The summed E-state index contributed by atoms with van der Waals surface area (Å²) in [6.45, 7) is 0.481. The molecule has 0 fully saturated rings. The van der Waals surface area contributed by atoms with Crippen molar-refractivity contribution in [2.75, 3.05) is 7.11 Å². The van der Waals surface area contributed by atoms with Crippen LogP contribution in [-0.2, 0) is 6.61 Å². The highest BCUT2D eigenvalue weighted by atomic mass is 35.5. The number of hydrogen-bond acceptors (Lipinski definition) is 3. The quantitative estimate of drug-likeness (QED) is 0.268. The highest BCUT2D eigenvalue weighted by Crippen LogP contribution is 2.34. The highest BCUT2D eigenvalue weighted by Gasteiger charge is 2.11. The molecule has 1 heterocycles. The third kappa shape index (κ3) is 4.82. The van der Waals surface area contributed by atoms with Gasteiger partial charge in [0.15, 0.2) is 11.5 Å². The lowest BCUT2D eigenvalue weighted by Gasteiger charge is -2.11. The molecule has 0 aliphatic carbocycles. The molecule has 5 heteroatoms. The average Bonchev–Trinajstić information content (AvgIpc) is 3.39. The van der Waals surface area contributed by atoms with Gasteiger partial charge < -0.3 is 9.47 Å². The molecule has 0 saturated heterocycles. The molecule has 0 bridgehead atoms. The SMILES string of the molecule is COc1cc(-c2cc(-c3ccc(-c4ccc(Cl)cc4)cc3)[nH]n2)ccc1OCc1ccccc1. The Hall–Kier alpha value is -4.02. The molecule has 1 N–H and O–H groups in total. The molecule has 0 aliphatic rings. The Morgan fingerprint density at radius 3 is 2.06 bits per heavy atom. The second-order valence-corrected chi connectivity index (χ2v) is 8.33. The van der Waals surface area contributed by atoms with Crippen molar-refractivity contribution < 1.29 is 9.47 Å². The predicted molar refractivity (Wildman–Crippen MR) is 137 cm³/mol. The number of aromatic nitrogens is 2. The Bertz CT molecular complexity index is 1380. The second kappa shape index (κ2) is 9.86. The Balaban J connectivity index is 1.33. The van der Waals surface area contributed by atoms with Crippen molar-refractivity contribution in [1.82, 2.24) is 10.2 Å². The molecule has 4 nitrogen and oxygen atoms in total. The Morgan fingerprint density at radius 1 is 0.706 bits per heavy atom. The number of halogens is 1. The lowest BCUT2D eigenvalue weighted by molar-refractivity contribution is 0.284. The Morgan fingerprint density at radius 2 is 1.35 bits per heavy atom. The van der Waals surface area contributed by atoms with Gasteiger partial charge in [0.1, 0.15) is 6.61 Å². The number of benzene rings is 4. The van der Waals surface area contributed by atoms with E-state index < -0.39 is 0 Å². The summed E-state index contributed by atoms with van der Waals surface area (Å²) >= 11 is 6.00. The maximum atomic E-state index is 6.00. The van der Waals surface area contributed by atoms with Gasteiger partial charge in [-0.3, -0.25) is 5.10 Å². The van der Waals surface area contributed by atoms with Crippen LogP contribution in [0.25, 0.3) is 33.6 Å². The van der Waals surface area contributed by atoms with E-state index >= 15 is 0 Å². The maximum absolute atomic E-state index is 6.00. The van der Waals surface area contributed by atoms with E-state index in [2.05, 4.69) is 34.5 Å². The van der Waals surface area contributed by atoms with Gasteiger partial charge in [0.05, 0.1) is 18.5 Å². The summed E-state index contributed by atoms with van der Waals surface area (Å²) in [6.07, 6.45) is 0. The van der Waals surface area contributed by atoms with Crippen molar-refractivity contribution in [1.29, 1.82) is 0 Å². The molecule has 0 aliphatic heterocycles. The zero-order chi connectivity index (χ0) is 23.3. The summed E-state index contributed by atoms with van der Waals surface area (Å²) in [7, 11) is 1.65. The topological polar surface area (TPSA) is 47.1 Å². The first kappa shape index (κ1) is 21.8. The first-order valence-corrected chi connectivity index (χ1v) is 11.3. The van der Waals surface area contributed by atoms with Crippen molar-refractivity contribution in [3.05, 3.63) is 114 Å². The molecule has 4 aromatic carbocycles. The monoisotopic (exact) mass is 466 g/mol. The summed E-state index contributed by atoms with van der Waals surface area (Å²) in [5.74, 6) is 1.37. The van der Waals surface area contributed by atoms with Gasteiger partial charge in [-0.2, -0.15) is 5.10 Å². The van der Waals surface area contributed by atoms with Crippen LogP contribution in [0.4, 0.5) is 0 Å². The third-order valence-corrected chi connectivity index (χ3v) is 5.90. The van der Waals surface area contributed by atoms with Gasteiger partial charge in [-0.15, -0.1) is 0 Å². The smallest absolute Gasteiger partial charge is 0.161 e. The van der Waals surface area contributed by atoms with Crippen molar-refractivity contribution >= 4 is 11.6 Å². The van der Waals surface area contributed by atoms with Crippen LogP contribution in [-0.4, -0.2) is 17.3 Å². The number of H-pyrrole nitrogens is 1. The standard InChI is InChI=1S/C29H23ClN2O2/c1-33-29-17-24(13-16-28(29)34-19-20-5-3-2-4-6-20)27-18-26(31-32-27)23-9-7-21(8-10-23)22-11-14-25(30)15-12-22/h2-18H,19H2,1H3,(H,31,32). The molecular weight excluding hydrogens is 444 g/mol. The number of rotatable bonds is 7. The average molecular weight is 467 g/mol. The summed E-state index contributed by atoms with van der Waals surface area (Å²) in [6, 6.07) is 34.2. The zero-order valence-electron chi connectivity index (χ0n) is 18.7. The van der Waals surface area contributed by atoms with Gasteiger partial charge in [0.2, 0.25) is 0 Å². The van der Waals surface area contributed by atoms with E-state index in [4.69, 9.17) is 21.1 Å². The first-order valence-electron chi connectivity index (χ1n) is 11.0. The molecule has 0 spiro atoms. The molecule has 0 saturated carbocycles. The van der Waals surface area contributed by atoms with E-state index in [1.165, 1.54) is 0 Å². The van der Waals surface area contributed by atoms with Crippen molar-refractivity contribution in [2.24, 2.45) is 0 Å². The lowest BCUT2D eigenvalue weighted by Crippen LogP contribution is -1.97. The van der Waals surface area contributed by atoms with Gasteiger partial charge in [-0.05, 0) is 58.7 Å². The van der Waals surface area contributed by atoms with E-state index in [-0.39, 0.29) is 0 Å². The number of nitrogens with zero attached hydrogens (tertiary/aromatic N) is 1. The minimum Gasteiger partial charge on any atom is -0.493 e. The Kier molecular flexibility index (Phi) is 6.32. The molecule has 5 rings (SSSR count). The minimum atomic E-state index is 0.481. The van der Waals surface area contributed by atoms with Crippen LogP contribution >= 0.6 is 11.6 Å². The van der Waals surface area contributed by atoms with Gasteiger partial charge >= 0.3 is 0 Å². The summed E-state index contributed by atoms with van der Waals surface area (Å²) in [4.78, 5) is 0. The fourth-order valence-corrected chi connectivity index (χ4v) is 3.91. The van der Waals surface area contributed by atoms with Crippen molar-refractivity contribution in [3.63, 3.8) is 0 Å². The van der Waals surface area contributed by atoms with Gasteiger partial charge in [0.25, 0.3) is 0 Å². The number of ether oxygens (including phenoxy) is 2. The highest BCUT2D eigenvalue weighted by molar-refractivity contribution is 6.30. The van der Waals surface area contributed by atoms with Crippen LogP contribution in [0.15, 0.2) is 103 Å². The largest absolute Gasteiger partial charge is 0.493 e. The van der Waals surface area contributed by atoms with Crippen LogP contribution < -0.4 is 9.47 Å². The zero-order valence-corrected chi connectivity index (χ0v) is 19.4. The molecule has 1 aromatic heterocycles. The molecule has 168 valence electrons. The van der Waals surface area contributed by atoms with Crippen LogP contribution in [0.3, 0.4) is 0 Å². The van der Waals surface area contributed by atoms with Crippen LogP contribution in [0.5, 0.6) is 11.5 Å². The molecule has 0 radical (unpaired) electrons. The molecular formula is C29H23ClN2O2. The molecule has 5 aromatic rings. The number of hydrogen-bond donors (Lipinski definition) is 1. The lowest BCUT2D eigenvalue weighted by atomic mass is 10.0. The normalized spacial score (nSPS) is 10.8. The molecule has 0 unspecified atom stereocenters. The molecule has 0 atom stereocenters. The van der Waals surface area contributed by atoms with Gasteiger partial charge in [0, 0.05) is 10.6 Å². The summed E-state index contributed by atoms with van der Waals surface area (Å²) < 4.78 is 11.6. The van der Waals surface area contributed by atoms with Crippen molar-refractivity contribution in [2.45, 2.75) is 6.61 Å².